The zero-order valence-corrected chi connectivity index (χ0v) is 20.7. The van der Waals surface area contributed by atoms with Crippen LogP contribution in [-0.2, 0) is 26.3 Å². The minimum absolute atomic E-state index is 0.0317. The number of rotatable bonds is 7. The first kappa shape index (κ1) is 24.6. The predicted octanol–water partition coefficient (Wildman–Crippen LogP) is 6.16. The fraction of sp³-hybridized carbons (Fsp3) is 0.739. The Labute approximate surface area is 194 Å². The summed E-state index contributed by atoms with van der Waals surface area (Å²) in [6.45, 7) is 7.51. The van der Waals surface area contributed by atoms with Crippen LogP contribution in [0.1, 0.15) is 77.7 Å². The van der Waals surface area contributed by atoms with E-state index in [0.29, 0.717) is 10.0 Å². The monoisotopic (exact) mass is 475 g/mol. The van der Waals surface area contributed by atoms with Gasteiger partial charge >= 0.3 is 0 Å². The van der Waals surface area contributed by atoms with E-state index in [-0.39, 0.29) is 22.5 Å². The van der Waals surface area contributed by atoms with Crippen molar-refractivity contribution in [3.8, 4) is 0 Å². The predicted molar refractivity (Wildman–Crippen MR) is 126 cm³/mol. The molecule has 1 aromatic rings. The number of benzene rings is 1. The maximum Gasteiger partial charge on any atom is 0.157 e. The largest absolute Gasteiger partial charge is 0.598 e. The summed E-state index contributed by atoms with van der Waals surface area (Å²) >= 11 is 11.5. The summed E-state index contributed by atoms with van der Waals surface area (Å²) in [5, 5.41) is 1.15. The van der Waals surface area contributed by atoms with E-state index in [1.165, 1.54) is 12.0 Å². The molecule has 3 rings (SSSR count). The highest BCUT2D eigenvalue weighted by Crippen LogP contribution is 2.45. The van der Waals surface area contributed by atoms with Gasteiger partial charge in [-0.25, -0.2) is 0 Å². The van der Waals surface area contributed by atoms with Gasteiger partial charge in [-0.3, -0.25) is 0 Å². The zero-order valence-electron chi connectivity index (χ0n) is 18.3. The van der Waals surface area contributed by atoms with Gasteiger partial charge in [-0.2, -0.15) is 0 Å². The number of halogens is 2. The Morgan fingerprint density at radius 3 is 2.37 bits per heavy atom. The van der Waals surface area contributed by atoms with Crippen molar-refractivity contribution in [2.75, 3.05) is 13.2 Å². The molecule has 4 nitrogen and oxygen atoms in total. The molecule has 1 heterocycles. The molecule has 2 atom stereocenters. The molecule has 2 fully saturated rings. The van der Waals surface area contributed by atoms with E-state index in [0.717, 1.165) is 58.2 Å². The van der Waals surface area contributed by atoms with Crippen LogP contribution in [0.5, 0.6) is 0 Å². The van der Waals surface area contributed by atoms with Crippen LogP contribution in [0.2, 0.25) is 10.0 Å². The van der Waals surface area contributed by atoms with Crippen molar-refractivity contribution in [3.05, 3.63) is 33.8 Å². The molecule has 0 radical (unpaired) electrons. The molecule has 1 saturated carbocycles. The Morgan fingerprint density at radius 1 is 1.10 bits per heavy atom. The highest BCUT2D eigenvalue weighted by molar-refractivity contribution is 7.90. The van der Waals surface area contributed by atoms with Crippen molar-refractivity contribution >= 4 is 34.6 Å². The molecule has 2 aliphatic rings. The highest BCUT2D eigenvalue weighted by Gasteiger charge is 2.45. The summed E-state index contributed by atoms with van der Waals surface area (Å²) in [4.78, 5) is 0. The minimum atomic E-state index is -1.18. The Kier molecular flexibility index (Phi) is 8.82. The molecule has 1 aliphatic carbocycles. The smallest absolute Gasteiger partial charge is 0.157 e. The van der Waals surface area contributed by atoms with E-state index in [9.17, 15) is 4.55 Å². The molecular formula is C23H35Cl2NO3S. The van der Waals surface area contributed by atoms with Gasteiger partial charge < -0.3 is 14.0 Å². The summed E-state index contributed by atoms with van der Waals surface area (Å²) in [5.74, 6) is 0. The molecule has 30 heavy (non-hydrogen) atoms. The van der Waals surface area contributed by atoms with Crippen LogP contribution >= 0.6 is 23.2 Å². The quantitative estimate of drug-likeness (QED) is 0.479. The SMILES string of the molecule is CC(C)(C)[S+]([O-])NC(CCC1OCCCO1)C1(c2ccc(Cl)c(Cl)c2)CCCCC1. The second kappa shape index (κ2) is 10.7. The number of hydrogen-bond acceptors (Lipinski definition) is 4. The third-order valence-corrected chi connectivity index (χ3v) is 8.65. The second-order valence-electron chi connectivity index (χ2n) is 9.50. The molecular weight excluding hydrogens is 441 g/mol. The first-order valence-corrected chi connectivity index (χ1v) is 13.0. The fourth-order valence-corrected chi connectivity index (χ4v) is 5.84. The van der Waals surface area contributed by atoms with E-state index in [4.69, 9.17) is 32.7 Å². The highest BCUT2D eigenvalue weighted by atomic mass is 35.5. The third-order valence-electron chi connectivity index (χ3n) is 6.30. The number of ether oxygens (including phenoxy) is 2. The Bertz CT molecular complexity index is 686. The first-order chi connectivity index (χ1) is 14.2. The van der Waals surface area contributed by atoms with Crippen LogP contribution in [0.4, 0.5) is 0 Å². The van der Waals surface area contributed by atoms with Gasteiger partial charge in [-0.1, -0.05) is 48.5 Å². The molecule has 0 spiro atoms. The lowest BCUT2D eigenvalue weighted by molar-refractivity contribution is -0.182. The third kappa shape index (κ3) is 6.06. The van der Waals surface area contributed by atoms with Gasteiger partial charge in [0.15, 0.2) is 6.29 Å². The van der Waals surface area contributed by atoms with E-state index in [2.05, 4.69) is 10.8 Å². The van der Waals surface area contributed by atoms with Gasteiger partial charge in [-0.05, 0) is 64.2 Å². The lowest BCUT2D eigenvalue weighted by Gasteiger charge is -2.45. The van der Waals surface area contributed by atoms with Crippen molar-refractivity contribution in [3.63, 3.8) is 0 Å². The van der Waals surface area contributed by atoms with E-state index in [1.54, 1.807) is 0 Å². The van der Waals surface area contributed by atoms with Crippen LogP contribution in [0.15, 0.2) is 18.2 Å². The van der Waals surface area contributed by atoms with Crippen molar-refractivity contribution in [2.45, 2.75) is 94.6 Å². The average Bonchev–Trinajstić information content (AvgIpc) is 2.73. The van der Waals surface area contributed by atoms with Crippen LogP contribution in [-0.4, -0.2) is 34.8 Å². The van der Waals surface area contributed by atoms with Gasteiger partial charge in [0.25, 0.3) is 0 Å². The molecule has 1 aromatic carbocycles. The Balaban J connectivity index is 1.91. The Morgan fingerprint density at radius 2 is 1.77 bits per heavy atom. The van der Waals surface area contributed by atoms with Crippen molar-refractivity contribution < 1.29 is 14.0 Å². The number of hydrogen-bond donors (Lipinski definition) is 1. The summed E-state index contributed by atoms with van der Waals surface area (Å²) in [6, 6.07) is 6.03. The lowest BCUT2D eigenvalue weighted by Crippen LogP contribution is -2.55. The molecule has 1 N–H and O–H groups in total. The standard InChI is InChI=1S/C23H35Cl2NO3S/c1-22(2,3)30(27)26-20(10-11-21-28-14-7-15-29-21)23(12-5-4-6-13-23)17-8-9-18(24)19(25)16-17/h8-9,16,20-21,26H,4-7,10-15H2,1-3H3. The second-order valence-corrected chi connectivity index (χ2v) is 12.3. The molecule has 0 aromatic heterocycles. The minimum Gasteiger partial charge on any atom is -0.598 e. The van der Waals surface area contributed by atoms with Gasteiger partial charge in [0.2, 0.25) is 0 Å². The molecule has 0 bridgehead atoms. The van der Waals surface area contributed by atoms with Gasteiger partial charge in [0.05, 0.1) is 29.3 Å². The maximum atomic E-state index is 13.2. The number of nitrogens with one attached hydrogen (secondary N) is 1. The summed E-state index contributed by atoms with van der Waals surface area (Å²) in [7, 11) is 0. The normalized spacial score (nSPS) is 22.6. The van der Waals surface area contributed by atoms with Gasteiger partial charge in [0, 0.05) is 23.2 Å². The van der Waals surface area contributed by atoms with Crippen molar-refractivity contribution in [2.24, 2.45) is 0 Å². The molecule has 170 valence electrons. The van der Waals surface area contributed by atoms with Crippen LogP contribution in [0.25, 0.3) is 0 Å². The molecule has 1 aliphatic heterocycles. The van der Waals surface area contributed by atoms with Crippen molar-refractivity contribution in [1.29, 1.82) is 0 Å². The molecule has 2 unspecified atom stereocenters. The van der Waals surface area contributed by atoms with Crippen LogP contribution in [0.3, 0.4) is 0 Å². The fourth-order valence-electron chi connectivity index (χ4n) is 4.59. The van der Waals surface area contributed by atoms with Gasteiger partial charge in [-0.15, -0.1) is 4.72 Å². The maximum absolute atomic E-state index is 13.2. The summed E-state index contributed by atoms with van der Waals surface area (Å²) < 4.78 is 27.9. The molecule has 0 amide bonds. The molecule has 1 saturated heterocycles. The van der Waals surface area contributed by atoms with Gasteiger partial charge in [0.1, 0.15) is 4.75 Å². The van der Waals surface area contributed by atoms with Crippen LogP contribution in [0, 0.1) is 0 Å². The lowest BCUT2D eigenvalue weighted by atomic mass is 9.64. The van der Waals surface area contributed by atoms with Crippen LogP contribution < -0.4 is 4.72 Å². The summed E-state index contributed by atoms with van der Waals surface area (Å²) in [5.41, 5.74) is 1.05. The van der Waals surface area contributed by atoms with E-state index >= 15 is 0 Å². The average molecular weight is 477 g/mol. The zero-order chi connectivity index (χ0) is 21.8. The summed E-state index contributed by atoms with van der Waals surface area (Å²) in [6.07, 6.45) is 7.97. The molecule has 7 heteroatoms. The first-order valence-electron chi connectivity index (χ1n) is 11.1. The van der Waals surface area contributed by atoms with E-state index in [1.807, 2.05) is 32.9 Å². The topological polar surface area (TPSA) is 53.5 Å². The van der Waals surface area contributed by atoms with Crippen molar-refractivity contribution in [1.82, 2.24) is 4.72 Å². The van der Waals surface area contributed by atoms with E-state index < -0.39 is 11.4 Å². The Hall–Kier alpha value is -0.0100.